The molecular weight excluding hydrogens is 158 g/mol. The van der Waals surface area contributed by atoms with Gasteiger partial charge >= 0.3 is 0 Å². The fraction of sp³-hybridized carbons (Fsp3) is 0.500. The second kappa shape index (κ2) is 5.03. The molecule has 0 spiro atoms. The molecule has 0 radical (unpaired) electrons. The second-order valence-corrected chi connectivity index (χ2v) is 3.56. The van der Waals surface area contributed by atoms with Crippen molar-refractivity contribution in [2.45, 2.75) is 33.1 Å². The third kappa shape index (κ3) is 2.85. The average Bonchev–Trinajstić information content (AvgIpc) is 2.10. The summed E-state index contributed by atoms with van der Waals surface area (Å²) in [7, 11) is 0. The number of nitrogens with two attached hydrogens (primary N) is 1. The molecule has 2 N–H and O–H groups in total. The van der Waals surface area contributed by atoms with Crippen LogP contribution in [-0.2, 0) is 12.8 Å². The molecule has 0 fully saturated rings. The van der Waals surface area contributed by atoms with Crippen molar-refractivity contribution in [2.75, 3.05) is 6.54 Å². The molecule has 1 aromatic rings. The molecule has 1 rings (SSSR count). The Morgan fingerprint density at radius 2 is 1.92 bits per heavy atom. The van der Waals surface area contributed by atoms with Crippen LogP contribution in [0.2, 0.25) is 0 Å². The Kier molecular flexibility index (Phi) is 3.97. The van der Waals surface area contributed by atoms with Gasteiger partial charge in [0, 0.05) is 0 Å². The van der Waals surface area contributed by atoms with Gasteiger partial charge in [-0.15, -0.1) is 0 Å². The Morgan fingerprint density at radius 3 is 2.54 bits per heavy atom. The van der Waals surface area contributed by atoms with E-state index in [1.54, 1.807) is 0 Å². The lowest BCUT2D eigenvalue weighted by Gasteiger charge is -2.08. The van der Waals surface area contributed by atoms with Gasteiger partial charge in [0.15, 0.2) is 0 Å². The van der Waals surface area contributed by atoms with Gasteiger partial charge in [-0.05, 0) is 37.4 Å². The first-order chi connectivity index (χ1) is 6.27. The molecule has 1 aromatic carbocycles. The highest BCUT2D eigenvalue weighted by atomic mass is 14.5. The molecule has 0 heterocycles. The highest BCUT2D eigenvalue weighted by Crippen LogP contribution is 2.14. The maximum Gasteiger partial charge on any atom is -0.00366 e. The molecule has 0 saturated carbocycles. The number of rotatable bonds is 4. The number of hydrogen-bond donors (Lipinski definition) is 1. The van der Waals surface area contributed by atoms with E-state index in [9.17, 15) is 0 Å². The summed E-state index contributed by atoms with van der Waals surface area (Å²) >= 11 is 0. The lowest BCUT2D eigenvalue weighted by molar-refractivity contribution is 0.877. The Morgan fingerprint density at radius 1 is 1.15 bits per heavy atom. The molecule has 0 aliphatic rings. The fourth-order valence-corrected chi connectivity index (χ4v) is 1.66. The third-order valence-electron chi connectivity index (χ3n) is 2.29. The van der Waals surface area contributed by atoms with Gasteiger partial charge in [0.1, 0.15) is 0 Å². The monoisotopic (exact) mass is 177 g/mol. The van der Waals surface area contributed by atoms with Gasteiger partial charge in [-0.25, -0.2) is 0 Å². The first-order valence-corrected chi connectivity index (χ1v) is 5.06. The van der Waals surface area contributed by atoms with Gasteiger partial charge in [0.25, 0.3) is 0 Å². The predicted octanol–water partition coefficient (Wildman–Crippen LogP) is 2.45. The summed E-state index contributed by atoms with van der Waals surface area (Å²) in [6.07, 6.45) is 3.40. The Hall–Kier alpha value is -0.820. The maximum atomic E-state index is 5.56. The Bertz CT molecular complexity index is 266. The maximum absolute atomic E-state index is 5.56. The summed E-state index contributed by atoms with van der Waals surface area (Å²) in [5, 5.41) is 0. The van der Waals surface area contributed by atoms with Crippen molar-refractivity contribution in [3.8, 4) is 0 Å². The minimum atomic E-state index is 0.750. The van der Waals surface area contributed by atoms with Crippen LogP contribution >= 0.6 is 0 Å². The highest BCUT2D eigenvalue weighted by Gasteiger charge is 2.00. The van der Waals surface area contributed by atoms with Crippen LogP contribution in [-0.4, -0.2) is 6.54 Å². The highest BCUT2D eigenvalue weighted by molar-refractivity contribution is 5.31. The lowest BCUT2D eigenvalue weighted by atomic mass is 9.98. The lowest BCUT2D eigenvalue weighted by Crippen LogP contribution is -2.05. The van der Waals surface area contributed by atoms with E-state index in [0.717, 1.165) is 13.0 Å². The SMILES string of the molecule is CCCc1cc(C)ccc1CCN. The zero-order valence-corrected chi connectivity index (χ0v) is 8.64. The van der Waals surface area contributed by atoms with Crippen molar-refractivity contribution in [1.82, 2.24) is 0 Å². The molecule has 0 aliphatic heterocycles. The molecule has 0 bridgehead atoms. The standard InChI is InChI=1S/C12H19N/c1-3-4-12-9-10(2)5-6-11(12)7-8-13/h5-6,9H,3-4,7-8,13H2,1-2H3. The minimum Gasteiger partial charge on any atom is -0.330 e. The van der Waals surface area contributed by atoms with Gasteiger partial charge in [-0.2, -0.15) is 0 Å². The van der Waals surface area contributed by atoms with Gasteiger partial charge in [0.05, 0.1) is 0 Å². The Balaban J connectivity index is 2.89. The number of hydrogen-bond acceptors (Lipinski definition) is 1. The molecule has 0 aromatic heterocycles. The Labute approximate surface area is 81.0 Å². The molecular formula is C12H19N. The van der Waals surface area contributed by atoms with Crippen molar-refractivity contribution in [2.24, 2.45) is 5.73 Å². The van der Waals surface area contributed by atoms with Crippen molar-refractivity contribution >= 4 is 0 Å². The van der Waals surface area contributed by atoms with Crippen LogP contribution in [0.4, 0.5) is 0 Å². The first-order valence-electron chi connectivity index (χ1n) is 5.06. The van der Waals surface area contributed by atoms with Crippen molar-refractivity contribution < 1.29 is 0 Å². The number of aryl methyl sites for hydroxylation is 2. The molecule has 1 heteroatoms. The summed E-state index contributed by atoms with van der Waals surface area (Å²) < 4.78 is 0. The van der Waals surface area contributed by atoms with Crippen LogP contribution in [0.15, 0.2) is 18.2 Å². The molecule has 13 heavy (non-hydrogen) atoms. The van der Waals surface area contributed by atoms with E-state index in [4.69, 9.17) is 5.73 Å². The quantitative estimate of drug-likeness (QED) is 0.751. The summed E-state index contributed by atoms with van der Waals surface area (Å²) in [4.78, 5) is 0. The van der Waals surface area contributed by atoms with E-state index in [0.29, 0.717) is 0 Å². The molecule has 0 saturated heterocycles. The van der Waals surface area contributed by atoms with Gasteiger partial charge in [0.2, 0.25) is 0 Å². The normalized spacial score (nSPS) is 10.4. The van der Waals surface area contributed by atoms with E-state index in [1.165, 1.54) is 29.5 Å². The zero-order chi connectivity index (χ0) is 9.68. The van der Waals surface area contributed by atoms with E-state index in [2.05, 4.69) is 32.0 Å². The minimum absolute atomic E-state index is 0.750. The predicted molar refractivity (Wildman–Crippen MR) is 57.9 cm³/mol. The zero-order valence-electron chi connectivity index (χ0n) is 8.64. The molecule has 72 valence electrons. The van der Waals surface area contributed by atoms with Crippen LogP contribution in [0.3, 0.4) is 0 Å². The van der Waals surface area contributed by atoms with E-state index in [-0.39, 0.29) is 0 Å². The van der Waals surface area contributed by atoms with Crippen molar-refractivity contribution in [3.63, 3.8) is 0 Å². The van der Waals surface area contributed by atoms with Crippen LogP contribution in [0.5, 0.6) is 0 Å². The summed E-state index contributed by atoms with van der Waals surface area (Å²) in [6.45, 7) is 5.11. The molecule has 0 unspecified atom stereocenters. The van der Waals surface area contributed by atoms with Crippen LogP contribution in [0.25, 0.3) is 0 Å². The summed E-state index contributed by atoms with van der Waals surface area (Å²) in [5.74, 6) is 0. The summed E-state index contributed by atoms with van der Waals surface area (Å²) in [6, 6.07) is 6.67. The van der Waals surface area contributed by atoms with E-state index in [1.807, 2.05) is 0 Å². The van der Waals surface area contributed by atoms with Gasteiger partial charge < -0.3 is 5.73 Å². The third-order valence-corrected chi connectivity index (χ3v) is 2.29. The molecule has 0 amide bonds. The van der Waals surface area contributed by atoms with Crippen LogP contribution < -0.4 is 5.73 Å². The summed E-state index contributed by atoms with van der Waals surface area (Å²) in [5.41, 5.74) is 9.82. The second-order valence-electron chi connectivity index (χ2n) is 3.56. The molecule has 0 atom stereocenters. The first kappa shape index (κ1) is 10.3. The average molecular weight is 177 g/mol. The molecule has 1 nitrogen and oxygen atoms in total. The van der Waals surface area contributed by atoms with E-state index >= 15 is 0 Å². The van der Waals surface area contributed by atoms with Crippen LogP contribution in [0.1, 0.15) is 30.0 Å². The topological polar surface area (TPSA) is 26.0 Å². The van der Waals surface area contributed by atoms with Crippen molar-refractivity contribution in [1.29, 1.82) is 0 Å². The van der Waals surface area contributed by atoms with Gasteiger partial charge in [-0.1, -0.05) is 37.1 Å². The van der Waals surface area contributed by atoms with Crippen molar-refractivity contribution in [3.05, 3.63) is 34.9 Å². The van der Waals surface area contributed by atoms with E-state index < -0.39 is 0 Å². The van der Waals surface area contributed by atoms with Gasteiger partial charge in [-0.3, -0.25) is 0 Å². The molecule has 0 aliphatic carbocycles. The smallest absolute Gasteiger partial charge is 0.00366 e. The fourth-order valence-electron chi connectivity index (χ4n) is 1.66. The largest absolute Gasteiger partial charge is 0.330 e. The van der Waals surface area contributed by atoms with Crippen LogP contribution in [0, 0.1) is 6.92 Å². The number of benzene rings is 1.